The van der Waals surface area contributed by atoms with E-state index in [9.17, 15) is 0 Å². The second kappa shape index (κ2) is 13.0. The molecule has 0 saturated carbocycles. The predicted molar refractivity (Wildman–Crippen MR) is 118 cm³/mol. The number of rotatable bonds is 14. The van der Waals surface area contributed by atoms with Gasteiger partial charge in [0.15, 0.2) is 0 Å². The zero-order chi connectivity index (χ0) is 18.5. The molecule has 0 aliphatic heterocycles. The summed E-state index contributed by atoms with van der Waals surface area (Å²) in [5.74, 6) is 0.754. The van der Waals surface area contributed by atoms with Crippen LogP contribution >= 0.6 is 0 Å². The Morgan fingerprint density at radius 3 is 1.85 bits per heavy atom. The Bertz CT molecular complexity index is 598. The molecular weight excluding hydrogens is 312 g/mol. The van der Waals surface area contributed by atoms with Gasteiger partial charge >= 0.3 is 0 Å². The molecule has 1 atom stereocenters. The lowest BCUT2D eigenvalue weighted by atomic mass is 9.87. The van der Waals surface area contributed by atoms with Gasteiger partial charge in [0.1, 0.15) is 0 Å². The maximum absolute atomic E-state index is 2.45. The van der Waals surface area contributed by atoms with Crippen LogP contribution in [0.25, 0.3) is 10.8 Å². The van der Waals surface area contributed by atoms with Crippen molar-refractivity contribution >= 4 is 10.8 Å². The molecule has 0 heteroatoms. The smallest absolute Gasteiger partial charge is 0.0162 e. The standard InChI is InChI=1S/C26H40/c1-3-5-7-8-9-10-11-12-13-17-23(16-6-4-2)26-21-20-24-18-14-15-19-25(24)22-26/h14-15,18-23H,3-13,16-17H2,1-2H3. The lowest BCUT2D eigenvalue weighted by molar-refractivity contribution is 0.497. The third kappa shape index (κ3) is 7.52. The molecule has 0 nitrogen and oxygen atoms in total. The highest BCUT2D eigenvalue weighted by atomic mass is 14.2. The summed E-state index contributed by atoms with van der Waals surface area (Å²) in [4.78, 5) is 0. The first kappa shape index (κ1) is 21.0. The fourth-order valence-corrected chi connectivity index (χ4v) is 4.09. The van der Waals surface area contributed by atoms with Crippen LogP contribution in [0.4, 0.5) is 0 Å². The van der Waals surface area contributed by atoms with Crippen molar-refractivity contribution in [3.63, 3.8) is 0 Å². The fourth-order valence-electron chi connectivity index (χ4n) is 4.09. The largest absolute Gasteiger partial charge is 0.0654 e. The van der Waals surface area contributed by atoms with Gasteiger partial charge in [-0.15, -0.1) is 0 Å². The molecule has 1 unspecified atom stereocenters. The minimum Gasteiger partial charge on any atom is -0.0654 e. The topological polar surface area (TPSA) is 0 Å². The molecule has 26 heavy (non-hydrogen) atoms. The lowest BCUT2D eigenvalue weighted by Crippen LogP contribution is -2.00. The van der Waals surface area contributed by atoms with E-state index in [4.69, 9.17) is 0 Å². The number of fused-ring (bicyclic) bond motifs is 1. The van der Waals surface area contributed by atoms with Gasteiger partial charge in [0.2, 0.25) is 0 Å². The van der Waals surface area contributed by atoms with E-state index in [1.54, 1.807) is 5.56 Å². The van der Waals surface area contributed by atoms with Crippen LogP contribution in [-0.2, 0) is 0 Å². The zero-order valence-electron chi connectivity index (χ0n) is 17.3. The Morgan fingerprint density at radius 1 is 0.577 bits per heavy atom. The van der Waals surface area contributed by atoms with E-state index < -0.39 is 0 Å². The summed E-state index contributed by atoms with van der Waals surface area (Å²) in [6.45, 7) is 4.61. The van der Waals surface area contributed by atoms with Gasteiger partial charge in [0.25, 0.3) is 0 Å². The average Bonchev–Trinajstić information content (AvgIpc) is 2.68. The SMILES string of the molecule is CCCCCCCCCCCC(CCCC)c1ccc2ccccc2c1. The minimum absolute atomic E-state index is 0.754. The molecule has 2 aromatic rings. The van der Waals surface area contributed by atoms with Gasteiger partial charge in [-0.2, -0.15) is 0 Å². The number of benzene rings is 2. The Hall–Kier alpha value is -1.30. The summed E-state index contributed by atoms with van der Waals surface area (Å²) < 4.78 is 0. The van der Waals surface area contributed by atoms with E-state index in [-0.39, 0.29) is 0 Å². The van der Waals surface area contributed by atoms with Crippen LogP contribution in [0.1, 0.15) is 109 Å². The van der Waals surface area contributed by atoms with E-state index in [0.717, 1.165) is 5.92 Å². The molecule has 2 rings (SSSR count). The van der Waals surface area contributed by atoms with Crippen LogP contribution in [0.5, 0.6) is 0 Å². The molecule has 0 amide bonds. The quantitative estimate of drug-likeness (QED) is 0.297. The predicted octanol–water partition coefficient (Wildman–Crippen LogP) is 9.03. The normalized spacial score (nSPS) is 12.5. The van der Waals surface area contributed by atoms with Gasteiger partial charge in [-0.25, -0.2) is 0 Å². The molecular formula is C26H40. The van der Waals surface area contributed by atoms with Crippen molar-refractivity contribution < 1.29 is 0 Å². The Labute approximate surface area is 162 Å². The number of unbranched alkanes of at least 4 members (excludes halogenated alkanes) is 9. The van der Waals surface area contributed by atoms with Crippen LogP contribution in [0.3, 0.4) is 0 Å². The van der Waals surface area contributed by atoms with Crippen LogP contribution in [0, 0.1) is 0 Å². The van der Waals surface area contributed by atoms with Gasteiger partial charge < -0.3 is 0 Å². The molecule has 0 heterocycles. The molecule has 0 bridgehead atoms. The molecule has 0 spiro atoms. The van der Waals surface area contributed by atoms with Crippen LogP contribution in [-0.4, -0.2) is 0 Å². The number of hydrogen-bond acceptors (Lipinski definition) is 0. The van der Waals surface area contributed by atoms with Crippen molar-refractivity contribution in [1.29, 1.82) is 0 Å². The van der Waals surface area contributed by atoms with E-state index in [0.29, 0.717) is 0 Å². The monoisotopic (exact) mass is 352 g/mol. The highest BCUT2D eigenvalue weighted by Crippen LogP contribution is 2.30. The Balaban J connectivity index is 1.77. The summed E-state index contributed by atoms with van der Waals surface area (Å²) in [5, 5.41) is 2.77. The summed E-state index contributed by atoms with van der Waals surface area (Å²) in [7, 11) is 0. The minimum atomic E-state index is 0.754. The van der Waals surface area contributed by atoms with Gasteiger partial charge in [-0.05, 0) is 35.1 Å². The Kier molecular flexibility index (Phi) is 10.5. The summed E-state index contributed by atoms with van der Waals surface area (Å²) in [6, 6.07) is 15.9. The fraction of sp³-hybridized carbons (Fsp3) is 0.615. The lowest BCUT2D eigenvalue weighted by Gasteiger charge is -2.18. The first-order valence-electron chi connectivity index (χ1n) is 11.3. The molecule has 144 valence electrons. The van der Waals surface area contributed by atoms with E-state index in [2.05, 4.69) is 56.3 Å². The van der Waals surface area contributed by atoms with Crippen molar-refractivity contribution in [3.8, 4) is 0 Å². The summed E-state index contributed by atoms with van der Waals surface area (Å²) >= 11 is 0. The van der Waals surface area contributed by atoms with Crippen molar-refractivity contribution in [2.45, 2.75) is 103 Å². The van der Waals surface area contributed by atoms with Gasteiger partial charge in [-0.3, -0.25) is 0 Å². The van der Waals surface area contributed by atoms with Crippen LogP contribution in [0.2, 0.25) is 0 Å². The second-order valence-electron chi connectivity index (χ2n) is 8.06. The first-order chi connectivity index (χ1) is 12.8. The van der Waals surface area contributed by atoms with Crippen molar-refractivity contribution in [1.82, 2.24) is 0 Å². The van der Waals surface area contributed by atoms with Crippen molar-refractivity contribution in [2.75, 3.05) is 0 Å². The Morgan fingerprint density at radius 2 is 1.15 bits per heavy atom. The van der Waals surface area contributed by atoms with Crippen LogP contribution in [0.15, 0.2) is 42.5 Å². The molecule has 0 radical (unpaired) electrons. The second-order valence-corrected chi connectivity index (χ2v) is 8.06. The maximum atomic E-state index is 2.45. The molecule has 0 saturated heterocycles. The summed E-state index contributed by atoms with van der Waals surface area (Å²) in [6.07, 6.45) is 18.2. The van der Waals surface area contributed by atoms with Crippen LogP contribution < -0.4 is 0 Å². The first-order valence-corrected chi connectivity index (χ1v) is 11.3. The van der Waals surface area contributed by atoms with Crippen molar-refractivity contribution in [2.24, 2.45) is 0 Å². The molecule has 0 aliphatic carbocycles. The molecule has 2 aromatic carbocycles. The zero-order valence-corrected chi connectivity index (χ0v) is 17.3. The summed E-state index contributed by atoms with van der Waals surface area (Å²) in [5.41, 5.74) is 1.57. The van der Waals surface area contributed by atoms with E-state index in [1.165, 1.54) is 94.2 Å². The third-order valence-corrected chi connectivity index (χ3v) is 5.81. The maximum Gasteiger partial charge on any atom is -0.0162 e. The molecule has 0 N–H and O–H groups in total. The van der Waals surface area contributed by atoms with Crippen molar-refractivity contribution in [3.05, 3.63) is 48.0 Å². The molecule has 0 aliphatic rings. The number of hydrogen-bond donors (Lipinski definition) is 0. The highest BCUT2D eigenvalue weighted by Gasteiger charge is 2.11. The molecule has 0 fully saturated rings. The van der Waals surface area contributed by atoms with E-state index >= 15 is 0 Å². The molecule has 0 aromatic heterocycles. The van der Waals surface area contributed by atoms with Gasteiger partial charge in [0, 0.05) is 0 Å². The third-order valence-electron chi connectivity index (χ3n) is 5.81. The van der Waals surface area contributed by atoms with Gasteiger partial charge in [-0.1, -0.05) is 127 Å². The average molecular weight is 353 g/mol. The highest BCUT2D eigenvalue weighted by molar-refractivity contribution is 5.83. The van der Waals surface area contributed by atoms with Gasteiger partial charge in [0.05, 0.1) is 0 Å². The van der Waals surface area contributed by atoms with E-state index in [1.807, 2.05) is 0 Å².